The van der Waals surface area contributed by atoms with Crippen LogP contribution < -0.4 is 15.4 Å². The highest BCUT2D eigenvalue weighted by molar-refractivity contribution is 5.94. The number of amides is 1. The Morgan fingerprint density at radius 1 is 1.28 bits per heavy atom. The van der Waals surface area contributed by atoms with Gasteiger partial charge in [0, 0.05) is 19.7 Å². The highest BCUT2D eigenvalue weighted by Crippen LogP contribution is 2.21. The van der Waals surface area contributed by atoms with Gasteiger partial charge in [-0.05, 0) is 14.1 Å². The zero-order chi connectivity index (χ0) is 18.2. The van der Waals surface area contributed by atoms with Crippen molar-refractivity contribution in [3.8, 4) is 11.8 Å². The van der Waals surface area contributed by atoms with Crippen molar-refractivity contribution in [2.45, 2.75) is 0 Å². The monoisotopic (exact) mass is 342 g/mol. The summed E-state index contributed by atoms with van der Waals surface area (Å²) in [6, 6.07) is 3.45. The highest BCUT2D eigenvalue weighted by atomic mass is 16.5. The number of rotatable bonds is 7. The van der Waals surface area contributed by atoms with Crippen molar-refractivity contribution in [1.29, 1.82) is 5.26 Å². The van der Waals surface area contributed by atoms with Crippen molar-refractivity contribution in [2.75, 3.05) is 39.6 Å². The number of carbonyl (C=O) groups excluding carboxylic acids is 1. The number of nitriles is 1. The van der Waals surface area contributed by atoms with Gasteiger partial charge in [-0.25, -0.2) is 9.97 Å². The number of nitrogens with one attached hydrogen (secondary N) is 2. The molecular formula is C15H18N8O2. The highest BCUT2D eigenvalue weighted by Gasteiger charge is 2.16. The third kappa shape index (κ3) is 5.08. The standard InChI is InChI=1S/C15H18N8O2/c1-17-15(24)14-11(25-5-4-23(2)3)6-12(21-22-14)20-13-9-18-10(7-16)8-19-13/h6,8-9H,4-5H2,1-3H3,(H,17,24)(H,19,20,21). The van der Waals surface area contributed by atoms with E-state index in [0.29, 0.717) is 30.5 Å². The molecule has 0 atom stereocenters. The van der Waals surface area contributed by atoms with Crippen LogP contribution in [0.4, 0.5) is 11.6 Å². The predicted octanol–water partition coefficient (Wildman–Crippen LogP) is 0.182. The second-order valence-electron chi connectivity index (χ2n) is 5.20. The minimum atomic E-state index is -0.392. The van der Waals surface area contributed by atoms with Crippen LogP contribution in [-0.2, 0) is 0 Å². The normalized spacial score (nSPS) is 10.2. The Hall–Kier alpha value is -3.32. The SMILES string of the molecule is CNC(=O)c1nnc(Nc2cnc(C#N)cn2)cc1OCCN(C)C. The molecule has 1 amide bonds. The van der Waals surface area contributed by atoms with Gasteiger partial charge in [-0.3, -0.25) is 4.79 Å². The summed E-state index contributed by atoms with van der Waals surface area (Å²) in [6.45, 7) is 1.07. The van der Waals surface area contributed by atoms with Crippen LogP contribution in [0.25, 0.3) is 0 Å². The lowest BCUT2D eigenvalue weighted by molar-refractivity contribution is 0.0952. The van der Waals surface area contributed by atoms with Crippen molar-refractivity contribution >= 4 is 17.5 Å². The van der Waals surface area contributed by atoms with Gasteiger partial charge >= 0.3 is 0 Å². The van der Waals surface area contributed by atoms with Crippen LogP contribution in [0.1, 0.15) is 16.2 Å². The number of ether oxygens (including phenoxy) is 1. The summed E-state index contributed by atoms with van der Waals surface area (Å²) in [6.07, 6.45) is 2.74. The summed E-state index contributed by atoms with van der Waals surface area (Å²) in [5.74, 6) is 0.643. The van der Waals surface area contributed by atoms with Gasteiger partial charge in [-0.15, -0.1) is 10.2 Å². The van der Waals surface area contributed by atoms with Crippen LogP contribution in [0.2, 0.25) is 0 Å². The van der Waals surface area contributed by atoms with Crippen LogP contribution in [0.15, 0.2) is 18.5 Å². The average Bonchev–Trinajstić information content (AvgIpc) is 2.61. The molecule has 2 N–H and O–H groups in total. The van der Waals surface area contributed by atoms with Gasteiger partial charge < -0.3 is 20.3 Å². The van der Waals surface area contributed by atoms with E-state index in [0.717, 1.165) is 0 Å². The Labute approximate surface area is 144 Å². The van der Waals surface area contributed by atoms with Crippen molar-refractivity contribution in [3.63, 3.8) is 0 Å². The topological polar surface area (TPSA) is 129 Å². The van der Waals surface area contributed by atoms with Crippen molar-refractivity contribution in [2.24, 2.45) is 0 Å². The zero-order valence-corrected chi connectivity index (χ0v) is 14.1. The average molecular weight is 342 g/mol. The minimum Gasteiger partial charge on any atom is -0.490 e. The number of likely N-dealkylation sites (N-methyl/N-ethyl adjacent to an activating group) is 1. The molecule has 0 bridgehead atoms. The molecule has 0 aliphatic heterocycles. The van der Waals surface area contributed by atoms with Gasteiger partial charge in [0.25, 0.3) is 5.91 Å². The summed E-state index contributed by atoms with van der Waals surface area (Å²) in [5.41, 5.74) is 0.303. The first-order valence-corrected chi connectivity index (χ1v) is 7.40. The molecule has 10 heteroatoms. The molecule has 0 aliphatic rings. The van der Waals surface area contributed by atoms with Crippen LogP contribution in [0.3, 0.4) is 0 Å². The van der Waals surface area contributed by atoms with E-state index in [1.807, 2.05) is 25.1 Å². The molecule has 130 valence electrons. The molecule has 0 saturated carbocycles. The molecule has 0 saturated heterocycles. The third-order valence-corrected chi connectivity index (χ3v) is 3.02. The lowest BCUT2D eigenvalue weighted by Crippen LogP contribution is -2.23. The van der Waals surface area contributed by atoms with Gasteiger partial charge in [0.15, 0.2) is 23.0 Å². The van der Waals surface area contributed by atoms with E-state index in [1.54, 1.807) is 6.07 Å². The van der Waals surface area contributed by atoms with E-state index < -0.39 is 5.91 Å². The molecular weight excluding hydrogens is 324 g/mol. The molecule has 0 fully saturated rings. The maximum Gasteiger partial charge on any atom is 0.275 e. The maximum atomic E-state index is 11.9. The molecule has 0 unspecified atom stereocenters. The quantitative estimate of drug-likeness (QED) is 0.724. The molecule has 2 aromatic rings. The lowest BCUT2D eigenvalue weighted by Gasteiger charge is -2.13. The smallest absolute Gasteiger partial charge is 0.275 e. The molecule has 10 nitrogen and oxygen atoms in total. The Balaban J connectivity index is 2.20. The summed E-state index contributed by atoms with van der Waals surface area (Å²) in [5, 5.41) is 22.0. The molecule has 0 radical (unpaired) electrons. The van der Waals surface area contributed by atoms with Gasteiger partial charge in [-0.1, -0.05) is 0 Å². The van der Waals surface area contributed by atoms with Crippen molar-refractivity contribution in [1.82, 2.24) is 30.4 Å². The predicted molar refractivity (Wildman–Crippen MR) is 89.5 cm³/mol. The van der Waals surface area contributed by atoms with Crippen LogP contribution in [0.5, 0.6) is 5.75 Å². The lowest BCUT2D eigenvalue weighted by atomic mass is 10.3. The Morgan fingerprint density at radius 2 is 2.08 bits per heavy atom. The van der Waals surface area contributed by atoms with Gasteiger partial charge in [-0.2, -0.15) is 5.26 Å². The summed E-state index contributed by atoms with van der Waals surface area (Å²) in [7, 11) is 5.35. The van der Waals surface area contributed by atoms with E-state index >= 15 is 0 Å². The Kier molecular flexibility index (Phi) is 6.14. The molecule has 2 aromatic heterocycles. The van der Waals surface area contributed by atoms with Crippen LogP contribution in [0, 0.1) is 11.3 Å². The van der Waals surface area contributed by atoms with Crippen LogP contribution >= 0.6 is 0 Å². The van der Waals surface area contributed by atoms with E-state index in [2.05, 4.69) is 30.8 Å². The second kappa shape index (κ2) is 8.51. The summed E-state index contributed by atoms with van der Waals surface area (Å²) >= 11 is 0. The first-order chi connectivity index (χ1) is 12.0. The Morgan fingerprint density at radius 3 is 2.68 bits per heavy atom. The van der Waals surface area contributed by atoms with E-state index in [-0.39, 0.29) is 11.4 Å². The molecule has 2 heterocycles. The van der Waals surface area contributed by atoms with E-state index in [4.69, 9.17) is 10.00 Å². The second-order valence-corrected chi connectivity index (χ2v) is 5.20. The summed E-state index contributed by atoms with van der Waals surface area (Å²) < 4.78 is 5.66. The zero-order valence-electron chi connectivity index (χ0n) is 14.1. The number of carbonyl (C=O) groups is 1. The van der Waals surface area contributed by atoms with E-state index in [1.165, 1.54) is 19.4 Å². The van der Waals surface area contributed by atoms with Gasteiger partial charge in [0.2, 0.25) is 0 Å². The van der Waals surface area contributed by atoms with Gasteiger partial charge in [0.1, 0.15) is 18.5 Å². The summed E-state index contributed by atoms with van der Waals surface area (Å²) in [4.78, 5) is 21.8. The molecule has 0 aromatic carbocycles. The molecule has 2 rings (SSSR count). The van der Waals surface area contributed by atoms with Crippen molar-refractivity contribution in [3.05, 3.63) is 29.8 Å². The molecule has 0 spiro atoms. The fourth-order valence-electron chi connectivity index (χ4n) is 1.74. The number of hydrogen-bond acceptors (Lipinski definition) is 9. The van der Waals surface area contributed by atoms with Crippen molar-refractivity contribution < 1.29 is 9.53 Å². The maximum absolute atomic E-state index is 11.9. The number of aromatic nitrogens is 4. The first-order valence-electron chi connectivity index (χ1n) is 7.40. The minimum absolute atomic E-state index is 0.0951. The van der Waals surface area contributed by atoms with Crippen LogP contribution in [-0.4, -0.2) is 65.3 Å². The fraction of sp³-hybridized carbons (Fsp3) is 0.333. The van der Waals surface area contributed by atoms with E-state index in [9.17, 15) is 4.79 Å². The van der Waals surface area contributed by atoms with Gasteiger partial charge in [0.05, 0.1) is 12.4 Å². The molecule has 0 aliphatic carbocycles. The largest absolute Gasteiger partial charge is 0.490 e. The fourth-order valence-corrected chi connectivity index (χ4v) is 1.74. The molecule has 25 heavy (non-hydrogen) atoms. The number of hydrogen-bond donors (Lipinski definition) is 2. The Bertz CT molecular complexity index is 770. The third-order valence-electron chi connectivity index (χ3n) is 3.02. The number of nitrogens with zero attached hydrogens (tertiary/aromatic N) is 6. The number of anilines is 2. The first kappa shape index (κ1) is 18.0.